The van der Waals surface area contributed by atoms with Crippen LogP contribution in [0.15, 0.2) is 12.4 Å². The zero-order valence-electron chi connectivity index (χ0n) is 11.6. The molecule has 9 heteroatoms. The third-order valence-corrected chi connectivity index (χ3v) is 4.20. The highest BCUT2D eigenvalue weighted by atomic mass is 19.4. The summed E-state index contributed by atoms with van der Waals surface area (Å²) in [5.41, 5.74) is 0.674. The number of carbonyl (C=O) groups is 1. The lowest BCUT2D eigenvalue weighted by Gasteiger charge is -2.36. The summed E-state index contributed by atoms with van der Waals surface area (Å²) >= 11 is 0. The van der Waals surface area contributed by atoms with Gasteiger partial charge in [0.05, 0.1) is 24.0 Å². The van der Waals surface area contributed by atoms with E-state index in [9.17, 15) is 18.0 Å². The van der Waals surface area contributed by atoms with Gasteiger partial charge in [-0.1, -0.05) is 0 Å². The standard InChI is InChI=1S/C13H15F3N4O2/c14-13(15,16)9-1-2-19(7-9)11-4-17-10(3-18-11)8-5-20(6-8)12(21)22/h3-4,8-9H,1-2,5-7H2,(H,21,22). The number of halogens is 3. The largest absolute Gasteiger partial charge is 0.465 e. The maximum atomic E-state index is 12.7. The molecule has 0 spiro atoms. The number of amides is 1. The molecule has 2 aliphatic rings. The quantitative estimate of drug-likeness (QED) is 0.903. The van der Waals surface area contributed by atoms with Gasteiger partial charge in [-0.3, -0.25) is 4.98 Å². The van der Waals surface area contributed by atoms with Crippen molar-refractivity contribution in [2.45, 2.75) is 18.5 Å². The first-order valence-corrected chi connectivity index (χ1v) is 6.96. The first-order chi connectivity index (χ1) is 10.3. The van der Waals surface area contributed by atoms with E-state index in [-0.39, 0.29) is 18.9 Å². The van der Waals surface area contributed by atoms with Crippen LogP contribution < -0.4 is 4.90 Å². The molecular formula is C13H15F3N4O2. The lowest BCUT2D eigenvalue weighted by molar-refractivity contribution is -0.168. The molecule has 2 aliphatic heterocycles. The Hall–Kier alpha value is -2.06. The Balaban J connectivity index is 1.60. The van der Waals surface area contributed by atoms with Gasteiger partial charge in [-0.2, -0.15) is 13.2 Å². The van der Waals surface area contributed by atoms with E-state index in [0.29, 0.717) is 31.1 Å². The predicted molar refractivity (Wildman–Crippen MR) is 70.7 cm³/mol. The molecule has 1 unspecified atom stereocenters. The van der Waals surface area contributed by atoms with E-state index in [0.717, 1.165) is 0 Å². The molecule has 0 aromatic carbocycles. The van der Waals surface area contributed by atoms with Crippen LogP contribution >= 0.6 is 0 Å². The van der Waals surface area contributed by atoms with E-state index in [1.807, 2.05) is 0 Å². The van der Waals surface area contributed by atoms with Gasteiger partial charge >= 0.3 is 12.3 Å². The van der Waals surface area contributed by atoms with Crippen molar-refractivity contribution in [1.29, 1.82) is 0 Å². The van der Waals surface area contributed by atoms with Crippen molar-refractivity contribution in [2.75, 3.05) is 31.1 Å². The summed E-state index contributed by atoms with van der Waals surface area (Å²) in [5.74, 6) is -0.867. The fraction of sp³-hybridized carbons (Fsp3) is 0.615. The maximum Gasteiger partial charge on any atom is 0.407 e. The molecule has 6 nitrogen and oxygen atoms in total. The average molecular weight is 316 g/mol. The Labute approximate surface area is 124 Å². The zero-order valence-corrected chi connectivity index (χ0v) is 11.6. The first-order valence-electron chi connectivity index (χ1n) is 6.96. The van der Waals surface area contributed by atoms with Crippen molar-refractivity contribution in [3.05, 3.63) is 18.1 Å². The minimum Gasteiger partial charge on any atom is -0.465 e. The Kier molecular flexibility index (Phi) is 3.57. The summed E-state index contributed by atoms with van der Waals surface area (Å²) in [6.45, 7) is 0.981. The van der Waals surface area contributed by atoms with E-state index in [1.165, 1.54) is 17.3 Å². The molecule has 1 amide bonds. The lowest BCUT2D eigenvalue weighted by Crippen LogP contribution is -2.48. The van der Waals surface area contributed by atoms with Crippen LogP contribution in [0.4, 0.5) is 23.8 Å². The summed E-state index contributed by atoms with van der Waals surface area (Å²) < 4.78 is 38.0. The number of carboxylic acid groups (broad SMARTS) is 1. The topological polar surface area (TPSA) is 69.6 Å². The third kappa shape index (κ3) is 2.79. The van der Waals surface area contributed by atoms with Gasteiger partial charge in [-0.25, -0.2) is 9.78 Å². The molecule has 0 bridgehead atoms. The predicted octanol–water partition coefficient (Wildman–Crippen LogP) is 1.94. The Bertz CT molecular complexity index is 557. The van der Waals surface area contributed by atoms with Gasteiger partial charge in [0.2, 0.25) is 0 Å². The van der Waals surface area contributed by atoms with Crippen LogP contribution in [0.5, 0.6) is 0 Å². The number of hydrogen-bond donors (Lipinski definition) is 1. The molecule has 1 N–H and O–H groups in total. The molecule has 2 fully saturated rings. The number of nitrogens with zero attached hydrogens (tertiary/aromatic N) is 4. The van der Waals surface area contributed by atoms with Crippen LogP contribution in [0, 0.1) is 5.92 Å². The van der Waals surface area contributed by atoms with Gasteiger partial charge in [0.1, 0.15) is 5.82 Å². The van der Waals surface area contributed by atoms with Crippen LogP contribution in [-0.4, -0.2) is 58.4 Å². The van der Waals surface area contributed by atoms with Crippen molar-refractivity contribution >= 4 is 11.9 Å². The van der Waals surface area contributed by atoms with Crippen LogP contribution in [0.25, 0.3) is 0 Å². The van der Waals surface area contributed by atoms with Gasteiger partial charge in [-0.05, 0) is 6.42 Å². The number of likely N-dealkylation sites (tertiary alicyclic amines) is 1. The van der Waals surface area contributed by atoms with Crippen LogP contribution in [0.2, 0.25) is 0 Å². The van der Waals surface area contributed by atoms with Gasteiger partial charge < -0.3 is 14.9 Å². The number of anilines is 1. The molecule has 1 aromatic rings. The monoisotopic (exact) mass is 316 g/mol. The van der Waals surface area contributed by atoms with Crippen molar-refractivity contribution in [2.24, 2.45) is 5.92 Å². The summed E-state index contributed by atoms with van der Waals surface area (Å²) in [6.07, 6.45) is -2.06. The number of rotatable bonds is 2. The lowest BCUT2D eigenvalue weighted by atomic mass is 9.97. The van der Waals surface area contributed by atoms with Crippen molar-refractivity contribution in [3.8, 4) is 0 Å². The molecule has 1 atom stereocenters. The average Bonchev–Trinajstić information content (AvgIpc) is 2.86. The van der Waals surface area contributed by atoms with Crippen molar-refractivity contribution in [3.63, 3.8) is 0 Å². The smallest absolute Gasteiger partial charge is 0.407 e. The highest BCUT2D eigenvalue weighted by Crippen LogP contribution is 2.35. The summed E-state index contributed by atoms with van der Waals surface area (Å²) in [4.78, 5) is 21.9. The fourth-order valence-corrected chi connectivity index (χ4v) is 2.76. The Morgan fingerprint density at radius 1 is 1.23 bits per heavy atom. The molecule has 3 heterocycles. The molecule has 22 heavy (non-hydrogen) atoms. The maximum absolute atomic E-state index is 12.7. The molecule has 2 saturated heterocycles. The number of aromatic nitrogens is 2. The summed E-state index contributed by atoms with van der Waals surface area (Å²) in [6, 6.07) is 0. The van der Waals surface area contributed by atoms with E-state index in [4.69, 9.17) is 5.11 Å². The first kappa shape index (κ1) is 14.9. The van der Waals surface area contributed by atoms with E-state index < -0.39 is 18.2 Å². The highest BCUT2D eigenvalue weighted by Gasteiger charge is 2.44. The van der Waals surface area contributed by atoms with Crippen LogP contribution in [-0.2, 0) is 0 Å². The van der Waals surface area contributed by atoms with Gasteiger partial charge in [0.25, 0.3) is 0 Å². The summed E-state index contributed by atoms with van der Waals surface area (Å²) in [5, 5.41) is 8.77. The van der Waals surface area contributed by atoms with E-state index in [2.05, 4.69) is 9.97 Å². The normalized spacial score (nSPS) is 22.8. The second-order valence-electron chi connectivity index (χ2n) is 5.66. The van der Waals surface area contributed by atoms with Gasteiger partial charge in [0, 0.05) is 32.1 Å². The zero-order chi connectivity index (χ0) is 15.9. The molecule has 1 aromatic heterocycles. The third-order valence-electron chi connectivity index (χ3n) is 4.20. The minimum atomic E-state index is -4.17. The van der Waals surface area contributed by atoms with Gasteiger partial charge in [0.15, 0.2) is 0 Å². The number of alkyl halides is 3. The Morgan fingerprint density at radius 2 is 1.95 bits per heavy atom. The number of hydrogen-bond acceptors (Lipinski definition) is 4. The second kappa shape index (κ2) is 5.29. The molecule has 0 saturated carbocycles. The molecule has 3 rings (SSSR count). The van der Waals surface area contributed by atoms with Crippen molar-refractivity contribution in [1.82, 2.24) is 14.9 Å². The van der Waals surface area contributed by atoms with Crippen LogP contribution in [0.3, 0.4) is 0 Å². The molecular weight excluding hydrogens is 301 g/mol. The second-order valence-corrected chi connectivity index (χ2v) is 5.66. The molecule has 0 radical (unpaired) electrons. The molecule has 120 valence electrons. The Morgan fingerprint density at radius 3 is 2.45 bits per heavy atom. The van der Waals surface area contributed by atoms with E-state index >= 15 is 0 Å². The minimum absolute atomic E-state index is 0.0131. The molecule has 0 aliphatic carbocycles. The van der Waals surface area contributed by atoms with Gasteiger partial charge in [-0.15, -0.1) is 0 Å². The van der Waals surface area contributed by atoms with Crippen molar-refractivity contribution < 1.29 is 23.1 Å². The summed E-state index contributed by atoms with van der Waals surface area (Å²) in [7, 11) is 0. The van der Waals surface area contributed by atoms with Crippen LogP contribution in [0.1, 0.15) is 18.0 Å². The fourth-order valence-electron chi connectivity index (χ4n) is 2.76. The SMILES string of the molecule is O=C(O)N1CC(c2cnc(N3CCC(C(F)(F)F)C3)cn2)C1. The highest BCUT2D eigenvalue weighted by molar-refractivity contribution is 5.66. The van der Waals surface area contributed by atoms with E-state index in [1.54, 1.807) is 4.90 Å².